The quantitative estimate of drug-likeness (QED) is 0.699. The Morgan fingerprint density at radius 1 is 1.22 bits per heavy atom. The van der Waals surface area contributed by atoms with Crippen molar-refractivity contribution in [1.29, 1.82) is 0 Å². The second kappa shape index (κ2) is 8.08. The van der Waals surface area contributed by atoms with Gasteiger partial charge in [-0.1, -0.05) is 27.4 Å². The summed E-state index contributed by atoms with van der Waals surface area (Å²) in [6.07, 6.45) is 1.47. The van der Waals surface area contributed by atoms with Crippen LogP contribution in [0.2, 0.25) is 0 Å². The Morgan fingerprint density at radius 2 is 1.88 bits per heavy atom. The fourth-order valence-electron chi connectivity index (χ4n) is 4.22. The third kappa shape index (κ3) is 4.61. The van der Waals surface area contributed by atoms with Crippen LogP contribution in [0.1, 0.15) is 63.6 Å². The van der Waals surface area contributed by atoms with E-state index >= 15 is 0 Å². The smallest absolute Gasteiger partial charge is 0.373 e. The second-order valence-corrected chi connectivity index (χ2v) is 10.0. The van der Waals surface area contributed by atoms with Crippen LogP contribution in [0, 0.1) is 11.3 Å². The number of hydrogen-bond donors (Lipinski definition) is 2. The molecule has 6 nitrogen and oxygen atoms in total. The van der Waals surface area contributed by atoms with Gasteiger partial charge in [0, 0.05) is 36.5 Å². The lowest BCUT2D eigenvalue weighted by molar-refractivity contribution is -0.187. The van der Waals surface area contributed by atoms with Crippen molar-refractivity contribution in [2.24, 2.45) is 11.3 Å². The highest BCUT2D eigenvalue weighted by Gasteiger charge is 2.43. The molecule has 4 rings (SSSR count). The molecule has 32 heavy (non-hydrogen) atoms. The number of nitrogens with zero attached hydrogens (tertiary/aromatic N) is 3. The van der Waals surface area contributed by atoms with Crippen molar-refractivity contribution in [3.63, 3.8) is 0 Å². The van der Waals surface area contributed by atoms with Gasteiger partial charge in [-0.3, -0.25) is 4.79 Å². The van der Waals surface area contributed by atoms with Crippen LogP contribution in [0.3, 0.4) is 0 Å². The van der Waals surface area contributed by atoms with Gasteiger partial charge in [0.1, 0.15) is 11.6 Å². The van der Waals surface area contributed by atoms with Gasteiger partial charge in [-0.25, -0.2) is 9.97 Å². The number of aromatic amines is 1. The fraction of sp³-hybridized carbons (Fsp3) is 0.609. The average molecular weight is 450 g/mol. The van der Waals surface area contributed by atoms with E-state index in [0.29, 0.717) is 22.8 Å². The van der Waals surface area contributed by atoms with E-state index in [4.69, 9.17) is 4.98 Å². The van der Waals surface area contributed by atoms with E-state index in [1.807, 2.05) is 20.8 Å². The van der Waals surface area contributed by atoms with Gasteiger partial charge < -0.3 is 15.2 Å². The summed E-state index contributed by atoms with van der Waals surface area (Å²) in [5.41, 5.74) is 3.13. The summed E-state index contributed by atoms with van der Waals surface area (Å²) in [6.45, 7) is 10.1. The summed E-state index contributed by atoms with van der Waals surface area (Å²) >= 11 is 0. The lowest BCUT2D eigenvalue weighted by Gasteiger charge is -2.39. The van der Waals surface area contributed by atoms with Crippen LogP contribution in [0.4, 0.5) is 13.2 Å². The minimum atomic E-state index is -4.21. The minimum Gasteiger partial charge on any atom is -0.373 e. The Kier molecular flexibility index (Phi) is 5.71. The van der Waals surface area contributed by atoms with Gasteiger partial charge in [0.15, 0.2) is 5.65 Å². The number of halogens is 3. The van der Waals surface area contributed by atoms with Crippen molar-refractivity contribution in [2.75, 3.05) is 13.1 Å². The summed E-state index contributed by atoms with van der Waals surface area (Å²) in [5.74, 6) is -1.09. The Balaban J connectivity index is 1.51. The SMILES string of the molecule is C=C(N[C@@H](C(=O)N1CCC(C(F)(F)F)CC1)C(C)(C)C)c1c[nH]c2ncc(C3CC3)nc12. The fourth-order valence-corrected chi connectivity index (χ4v) is 4.22. The number of aromatic nitrogens is 3. The number of rotatable bonds is 5. The van der Waals surface area contributed by atoms with E-state index in [2.05, 4.69) is 21.9 Å². The van der Waals surface area contributed by atoms with Gasteiger partial charge in [-0.2, -0.15) is 13.2 Å². The lowest BCUT2D eigenvalue weighted by atomic mass is 9.84. The molecular weight excluding hydrogens is 419 g/mol. The van der Waals surface area contributed by atoms with Gasteiger partial charge in [-0.05, 0) is 31.1 Å². The molecule has 2 aromatic heterocycles. The Bertz CT molecular complexity index is 1010. The minimum absolute atomic E-state index is 0.0605. The molecule has 0 unspecified atom stereocenters. The zero-order valence-electron chi connectivity index (χ0n) is 18.7. The maximum absolute atomic E-state index is 13.3. The molecule has 9 heteroatoms. The third-order valence-corrected chi connectivity index (χ3v) is 6.42. The van der Waals surface area contributed by atoms with E-state index in [1.165, 1.54) is 0 Å². The zero-order chi connectivity index (χ0) is 23.3. The molecule has 0 aromatic carbocycles. The van der Waals surface area contributed by atoms with Gasteiger partial charge in [0.2, 0.25) is 5.91 Å². The first-order valence-corrected chi connectivity index (χ1v) is 11.1. The summed E-state index contributed by atoms with van der Waals surface area (Å²) < 4.78 is 39.0. The number of H-pyrrole nitrogens is 1. The molecule has 1 amide bonds. The predicted octanol–water partition coefficient (Wildman–Crippen LogP) is 4.61. The normalized spacial score (nSPS) is 19.2. The number of hydrogen-bond acceptors (Lipinski definition) is 4. The number of carbonyl (C=O) groups is 1. The number of fused-ring (bicyclic) bond motifs is 1. The largest absolute Gasteiger partial charge is 0.391 e. The lowest BCUT2D eigenvalue weighted by Crippen LogP contribution is -2.54. The van der Waals surface area contributed by atoms with Crippen molar-refractivity contribution in [2.45, 2.75) is 64.6 Å². The molecule has 1 atom stereocenters. The topological polar surface area (TPSA) is 73.9 Å². The zero-order valence-corrected chi connectivity index (χ0v) is 18.7. The highest BCUT2D eigenvalue weighted by molar-refractivity contribution is 5.89. The third-order valence-electron chi connectivity index (χ3n) is 6.42. The molecule has 2 aliphatic rings. The molecule has 2 aromatic rings. The molecule has 174 valence electrons. The first kappa shape index (κ1) is 22.6. The molecular formula is C23H30F3N5O. The maximum atomic E-state index is 13.3. The van der Waals surface area contributed by atoms with Crippen molar-refractivity contribution in [1.82, 2.24) is 25.2 Å². The van der Waals surface area contributed by atoms with E-state index in [0.717, 1.165) is 24.1 Å². The molecule has 0 bridgehead atoms. The number of carbonyl (C=O) groups excluding carboxylic acids is 1. The van der Waals surface area contributed by atoms with Gasteiger partial charge in [0.05, 0.1) is 17.8 Å². The first-order chi connectivity index (χ1) is 14.9. The molecule has 0 radical (unpaired) electrons. The number of likely N-dealkylation sites (tertiary alicyclic amines) is 1. The molecule has 3 heterocycles. The van der Waals surface area contributed by atoms with Crippen molar-refractivity contribution in [3.8, 4) is 0 Å². The summed E-state index contributed by atoms with van der Waals surface area (Å²) in [5, 5.41) is 3.26. The van der Waals surface area contributed by atoms with Crippen LogP contribution >= 0.6 is 0 Å². The summed E-state index contributed by atoms with van der Waals surface area (Å²) in [4.78, 5) is 27.2. The second-order valence-electron chi connectivity index (χ2n) is 10.0. The molecule has 1 aliphatic heterocycles. The van der Waals surface area contributed by atoms with Crippen molar-refractivity contribution < 1.29 is 18.0 Å². The summed E-state index contributed by atoms with van der Waals surface area (Å²) in [7, 11) is 0. The van der Waals surface area contributed by atoms with Crippen LogP contribution in [-0.2, 0) is 4.79 Å². The molecule has 1 saturated heterocycles. The van der Waals surface area contributed by atoms with E-state index < -0.39 is 23.6 Å². The van der Waals surface area contributed by atoms with Crippen molar-refractivity contribution >= 4 is 22.8 Å². The highest BCUT2D eigenvalue weighted by atomic mass is 19.4. The number of nitrogens with one attached hydrogen (secondary N) is 2. The van der Waals surface area contributed by atoms with Crippen LogP contribution in [0.15, 0.2) is 19.0 Å². The van der Waals surface area contributed by atoms with E-state index in [-0.39, 0.29) is 31.8 Å². The Morgan fingerprint density at radius 3 is 2.44 bits per heavy atom. The molecule has 1 saturated carbocycles. The van der Waals surface area contributed by atoms with Gasteiger partial charge in [0.25, 0.3) is 0 Å². The van der Waals surface area contributed by atoms with Crippen LogP contribution in [0.5, 0.6) is 0 Å². The van der Waals surface area contributed by atoms with E-state index in [9.17, 15) is 18.0 Å². The molecule has 1 aliphatic carbocycles. The maximum Gasteiger partial charge on any atom is 0.391 e. The monoisotopic (exact) mass is 449 g/mol. The highest BCUT2D eigenvalue weighted by Crippen LogP contribution is 2.39. The van der Waals surface area contributed by atoms with Gasteiger partial charge in [-0.15, -0.1) is 0 Å². The Hall–Kier alpha value is -2.58. The summed E-state index contributed by atoms with van der Waals surface area (Å²) in [6, 6.07) is -0.637. The van der Waals surface area contributed by atoms with Gasteiger partial charge >= 0.3 is 6.18 Å². The van der Waals surface area contributed by atoms with E-state index in [1.54, 1.807) is 17.3 Å². The number of alkyl halides is 3. The van der Waals surface area contributed by atoms with Crippen LogP contribution < -0.4 is 5.32 Å². The average Bonchev–Trinajstić information content (AvgIpc) is 3.49. The van der Waals surface area contributed by atoms with Crippen LogP contribution in [-0.4, -0.2) is 51.1 Å². The predicted molar refractivity (Wildman–Crippen MR) is 117 cm³/mol. The Labute approximate surface area is 185 Å². The van der Waals surface area contributed by atoms with Crippen molar-refractivity contribution in [3.05, 3.63) is 30.2 Å². The number of piperidine rings is 1. The molecule has 2 N–H and O–H groups in total. The standard InChI is InChI=1S/C23H30F3N5O/c1-13(16-11-27-20-18(16)30-17(12-28-20)14-5-6-14)29-19(22(2,3)4)21(32)31-9-7-15(8-10-31)23(24,25)26/h11-12,14-15,19,29H,1,5-10H2,2-4H3,(H,27,28)/t19-/m0/s1. The molecule has 0 spiro atoms. The number of amides is 1. The molecule has 2 fully saturated rings. The first-order valence-electron chi connectivity index (χ1n) is 11.1. The van der Waals surface area contributed by atoms with Crippen LogP contribution in [0.25, 0.3) is 16.9 Å².